The van der Waals surface area contributed by atoms with Crippen molar-refractivity contribution in [3.8, 4) is 0 Å². The van der Waals surface area contributed by atoms with E-state index in [1.165, 1.54) is 11.0 Å². The fraction of sp³-hybridized carbons (Fsp3) is 0.286. The van der Waals surface area contributed by atoms with Gasteiger partial charge in [-0.05, 0) is 12.1 Å². The first-order valence-electron chi connectivity index (χ1n) is 6.21. The van der Waals surface area contributed by atoms with Gasteiger partial charge in [0.25, 0.3) is 5.91 Å². The van der Waals surface area contributed by atoms with Gasteiger partial charge in [0.1, 0.15) is 11.1 Å². The quantitative estimate of drug-likeness (QED) is 0.763. The fourth-order valence-electron chi connectivity index (χ4n) is 1.94. The van der Waals surface area contributed by atoms with Crippen LogP contribution < -0.4 is 5.63 Å². The topological polar surface area (TPSA) is 91.0 Å². The smallest absolute Gasteiger partial charge is 0.349 e. The van der Waals surface area contributed by atoms with E-state index in [1.54, 1.807) is 24.3 Å². The Morgan fingerprint density at radius 2 is 1.80 bits per heavy atom. The average Bonchev–Trinajstić information content (AvgIpc) is 2.45. The highest BCUT2D eigenvalue weighted by molar-refractivity contribution is 5.96. The lowest BCUT2D eigenvalue weighted by molar-refractivity contribution is 0.0681. The molecule has 0 aliphatic carbocycles. The van der Waals surface area contributed by atoms with Gasteiger partial charge < -0.3 is 19.5 Å². The van der Waals surface area contributed by atoms with Crippen LogP contribution in [0.1, 0.15) is 10.4 Å². The minimum absolute atomic E-state index is 0.0473. The van der Waals surface area contributed by atoms with Crippen molar-refractivity contribution in [2.75, 3.05) is 26.3 Å². The SMILES string of the molecule is O=C(c1cc2ccccc2oc1=O)N(CCO)CCO. The molecular weight excluding hydrogens is 262 g/mol. The predicted molar refractivity (Wildman–Crippen MR) is 72.6 cm³/mol. The summed E-state index contributed by atoms with van der Waals surface area (Å²) in [7, 11) is 0. The van der Waals surface area contributed by atoms with Gasteiger partial charge in [0.2, 0.25) is 0 Å². The zero-order valence-corrected chi connectivity index (χ0v) is 10.8. The Morgan fingerprint density at radius 3 is 2.45 bits per heavy atom. The molecule has 0 radical (unpaired) electrons. The fourth-order valence-corrected chi connectivity index (χ4v) is 1.94. The first kappa shape index (κ1) is 14.2. The number of carbonyl (C=O) groups is 1. The van der Waals surface area contributed by atoms with Crippen LogP contribution in [-0.4, -0.2) is 47.3 Å². The van der Waals surface area contributed by atoms with Crippen molar-refractivity contribution in [1.29, 1.82) is 0 Å². The first-order chi connectivity index (χ1) is 9.67. The van der Waals surface area contributed by atoms with Crippen LogP contribution >= 0.6 is 0 Å². The Morgan fingerprint density at radius 1 is 1.15 bits per heavy atom. The molecule has 1 aromatic heterocycles. The van der Waals surface area contributed by atoms with Gasteiger partial charge in [-0.1, -0.05) is 18.2 Å². The highest BCUT2D eigenvalue weighted by atomic mass is 16.4. The summed E-state index contributed by atoms with van der Waals surface area (Å²) in [5, 5.41) is 18.5. The largest absolute Gasteiger partial charge is 0.422 e. The van der Waals surface area contributed by atoms with Crippen LogP contribution in [-0.2, 0) is 0 Å². The molecule has 6 nitrogen and oxygen atoms in total. The number of carbonyl (C=O) groups excluding carboxylic acids is 1. The summed E-state index contributed by atoms with van der Waals surface area (Å²) in [6.07, 6.45) is 0. The molecule has 20 heavy (non-hydrogen) atoms. The van der Waals surface area contributed by atoms with E-state index in [-0.39, 0.29) is 31.9 Å². The monoisotopic (exact) mass is 277 g/mol. The molecule has 106 valence electrons. The standard InChI is InChI=1S/C14H15NO5/c16-7-5-15(6-8-17)13(18)11-9-10-3-1-2-4-12(10)20-14(11)19/h1-4,9,16-17H,5-8H2. The van der Waals surface area contributed by atoms with Crippen LogP contribution in [0.25, 0.3) is 11.0 Å². The summed E-state index contributed by atoms with van der Waals surface area (Å²) in [5.74, 6) is -0.562. The molecule has 1 heterocycles. The molecule has 0 aliphatic rings. The molecule has 0 saturated heterocycles. The van der Waals surface area contributed by atoms with Gasteiger partial charge in [-0.3, -0.25) is 4.79 Å². The van der Waals surface area contributed by atoms with E-state index in [1.807, 2.05) is 0 Å². The highest BCUT2D eigenvalue weighted by Gasteiger charge is 2.19. The second-order valence-electron chi connectivity index (χ2n) is 4.22. The number of para-hydroxylation sites is 1. The maximum Gasteiger partial charge on any atom is 0.349 e. The highest BCUT2D eigenvalue weighted by Crippen LogP contribution is 2.13. The number of nitrogens with zero attached hydrogens (tertiary/aromatic N) is 1. The van der Waals surface area contributed by atoms with Gasteiger partial charge in [-0.25, -0.2) is 4.79 Å². The van der Waals surface area contributed by atoms with Crippen molar-refractivity contribution in [3.63, 3.8) is 0 Å². The van der Waals surface area contributed by atoms with Crippen LogP contribution in [0.3, 0.4) is 0 Å². The van der Waals surface area contributed by atoms with Gasteiger partial charge in [-0.15, -0.1) is 0 Å². The Kier molecular flexibility index (Phi) is 4.49. The summed E-state index contributed by atoms with van der Waals surface area (Å²) in [6, 6.07) is 8.35. The van der Waals surface area contributed by atoms with Crippen molar-refractivity contribution in [3.05, 3.63) is 46.3 Å². The molecule has 6 heteroatoms. The lowest BCUT2D eigenvalue weighted by Gasteiger charge is -2.20. The van der Waals surface area contributed by atoms with E-state index in [0.717, 1.165) is 0 Å². The van der Waals surface area contributed by atoms with E-state index in [4.69, 9.17) is 14.6 Å². The Hall–Kier alpha value is -2.18. The molecule has 2 N–H and O–H groups in total. The van der Waals surface area contributed by atoms with Crippen molar-refractivity contribution in [1.82, 2.24) is 4.90 Å². The van der Waals surface area contributed by atoms with Crippen molar-refractivity contribution in [2.45, 2.75) is 0 Å². The molecule has 0 unspecified atom stereocenters. The van der Waals surface area contributed by atoms with Crippen molar-refractivity contribution < 1.29 is 19.4 Å². The zero-order chi connectivity index (χ0) is 14.5. The summed E-state index contributed by atoms with van der Waals surface area (Å²) < 4.78 is 5.09. The van der Waals surface area contributed by atoms with E-state index in [0.29, 0.717) is 11.0 Å². The van der Waals surface area contributed by atoms with Gasteiger partial charge in [0.15, 0.2) is 0 Å². The number of hydrogen-bond donors (Lipinski definition) is 2. The maximum atomic E-state index is 12.2. The van der Waals surface area contributed by atoms with Crippen LogP contribution in [0.2, 0.25) is 0 Å². The average molecular weight is 277 g/mol. The molecule has 0 aliphatic heterocycles. The Bertz CT molecular complexity index is 658. The molecule has 2 rings (SSSR count). The summed E-state index contributed by atoms with van der Waals surface area (Å²) in [4.78, 5) is 25.3. The lowest BCUT2D eigenvalue weighted by atomic mass is 10.1. The molecule has 1 amide bonds. The number of aliphatic hydroxyl groups excluding tert-OH is 2. The number of benzene rings is 1. The van der Waals surface area contributed by atoms with Gasteiger partial charge in [-0.2, -0.15) is 0 Å². The molecule has 2 aromatic rings. The lowest BCUT2D eigenvalue weighted by Crippen LogP contribution is -2.38. The summed E-state index contributed by atoms with van der Waals surface area (Å²) in [6.45, 7) is -0.396. The third-order valence-corrected chi connectivity index (χ3v) is 2.90. The summed E-state index contributed by atoms with van der Waals surface area (Å²) in [5.41, 5.74) is -0.426. The number of fused-ring (bicyclic) bond motifs is 1. The molecule has 0 bridgehead atoms. The summed E-state index contributed by atoms with van der Waals surface area (Å²) >= 11 is 0. The molecule has 0 spiro atoms. The number of amides is 1. The minimum Gasteiger partial charge on any atom is -0.422 e. The molecule has 0 atom stereocenters. The number of aliphatic hydroxyl groups is 2. The van der Waals surface area contributed by atoms with Crippen LogP contribution in [0.15, 0.2) is 39.5 Å². The first-order valence-corrected chi connectivity index (χ1v) is 6.21. The second-order valence-corrected chi connectivity index (χ2v) is 4.22. The third kappa shape index (κ3) is 2.87. The second kappa shape index (κ2) is 6.31. The number of rotatable bonds is 5. The third-order valence-electron chi connectivity index (χ3n) is 2.90. The van der Waals surface area contributed by atoms with Crippen LogP contribution in [0.4, 0.5) is 0 Å². The zero-order valence-electron chi connectivity index (χ0n) is 10.8. The van der Waals surface area contributed by atoms with Crippen LogP contribution in [0.5, 0.6) is 0 Å². The van der Waals surface area contributed by atoms with Crippen molar-refractivity contribution in [2.24, 2.45) is 0 Å². The predicted octanol–water partition coefficient (Wildman–Crippen LogP) is 0.220. The van der Waals surface area contributed by atoms with E-state index >= 15 is 0 Å². The Balaban J connectivity index is 2.42. The van der Waals surface area contributed by atoms with Gasteiger partial charge in [0.05, 0.1) is 13.2 Å². The van der Waals surface area contributed by atoms with Crippen molar-refractivity contribution >= 4 is 16.9 Å². The molecule has 1 aromatic carbocycles. The Labute approximate surface area is 114 Å². The molecule has 0 saturated carbocycles. The minimum atomic E-state index is -0.727. The van der Waals surface area contributed by atoms with E-state index in [2.05, 4.69) is 0 Å². The van der Waals surface area contributed by atoms with E-state index in [9.17, 15) is 9.59 Å². The van der Waals surface area contributed by atoms with Gasteiger partial charge >= 0.3 is 5.63 Å². The normalized spacial score (nSPS) is 10.7. The van der Waals surface area contributed by atoms with Crippen LogP contribution in [0, 0.1) is 0 Å². The van der Waals surface area contributed by atoms with E-state index < -0.39 is 11.5 Å². The van der Waals surface area contributed by atoms with Gasteiger partial charge in [0, 0.05) is 18.5 Å². The number of hydrogen-bond acceptors (Lipinski definition) is 5. The maximum absolute atomic E-state index is 12.2. The molecular formula is C14H15NO5. The molecule has 0 fully saturated rings.